The number of aryl methyl sites for hydroxylation is 1. The summed E-state index contributed by atoms with van der Waals surface area (Å²) in [5.41, 5.74) is 2.30. The number of benzene rings is 2. The number of amides is 1. The highest BCUT2D eigenvalue weighted by atomic mass is 35.5. The molecule has 2 aromatic carbocycles. The van der Waals surface area contributed by atoms with Crippen LogP contribution in [0, 0.1) is 5.82 Å². The zero-order chi connectivity index (χ0) is 21.8. The van der Waals surface area contributed by atoms with Crippen LogP contribution in [0.2, 0.25) is 5.02 Å². The molecule has 1 aliphatic rings. The lowest BCUT2D eigenvalue weighted by Gasteiger charge is -2.35. The molecule has 0 spiro atoms. The summed E-state index contributed by atoms with van der Waals surface area (Å²) in [6, 6.07) is 11.4. The molecule has 0 radical (unpaired) electrons. The second-order valence-corrected chi connectivity index (χ2v) is 7.96. The van der Waals surface area contributed by atoms with Crippen molar-refractivity contribution in [2.45, 2.75) is 12.8 Å². The summed E-state index contributed by atoms with van der Waals surface area (Å²) >= 11 is 6.17. The van der Waals surface area contributed by atoms with E-state index in [0.717, 1.165) is 31.9 Å². The lowest BCUT2D eigenvalue weighted by atomic mass is 10.2. The summed E-state index contributed by atoms with van der Waals surface area (Å²) in [6.07, 6.45) is 0.476. The Hall–Kier alpha value is -2.97. The minimum atomic E-state index is -0.332. The van der Waals surface area contributed by atoms with E-state index in [9.17, 15) is 9.18 Å². The highest BCUT2D eigenvalue weighted by molar-refractivity contribution is 6.31. The van der Waals surface area contributed by atoms with Crippen molar-refractivity contribution in [2.75, 3.05) is 43.4 Å². The Labute approximate surface area is 184 Å². The zero-order valence-corrected chi connectivity index (χ0v) is 17.9. The Morgan fingerprint density at radius 2 is 1.90 bits per heavy atom. The number of carbonyl (C=O) groups excluding carboxylic acids is 1. The van der Waals surface area contributed by atoms with Gasteiger partial charge in [0.15, 0.2) is 0 Å². The average molecular weight is 444 g/mol. The fourth-order valence-electron chi connectivity index (χ4n) is 3.44. The minimum absolute atomic E-state index is 0.167. The Balaban J connectivity index is 1.38. The van der Waals surface area contributed by atoms with Gasteiger partial charge >= 0.3 is 0 Å². The van der Waals surface area contributed by atoms with Crippen LogP contribution >= 0.6 is 11.6 Å². The van der Waals surface area contributed by atoms with Crippen molar-refractivity contribution in [3.8, 4) is 11.4 Å². The first-order valence-electron chi connectivity index (χ1n) is 10.1. The molecule has 0 aliphatic carbocycles. The molecule has 9 heteroatoms. The van der Waals surface area contributed by atoms with Crippen LogP contribution in [0.15, 0.2) is 47.0 Å². The van der Waals surface area contributed by atoms with E-state index in [2.05, 4.69) is 32.3 Å². The summed E-state index contributed by atoms with van der Waals surface area (Å²) in [5, 5.41) is 7.43. The highest BCUT2D eigenvalue weighted by Gasteiger charge is 2.19. The third-order valence-corrected chi connectivity index (χ3v) is 5.45. The molecule has 0 saturated carbocycles. The molecular formula is C22H23ClFN5O2. The van der Waals surface area contributed by atoms with E-state index in [0.29, 0.717) is 34.4 Å². The van der Waals surface area contributed by atoms with Crippen molar-refractivity contribution in [3.05, 3.63) is 59.2 Å². The number of halogens is 2. The predicted octanol–water partition coefficient (Wildman–Crippen LogP) is 3.85. The molecule has 0 unspecified atom stereocenters. The molecule has 1 aliphatic heterocycles. The molecular weight excluding hydrogens is 421 g/mol. The number of nitrogens with zero attached hydrogens (tertiary/aromatic N) is 4. The van der Waals surface area contributed by atoms with Crippen LogP contribution in [0.1, 0.15) is 12.3 Å². The molecule has 7 nitrogen and oxygen atoms in total. The Bertz CT molecular complexity index is 1050. The van der Waals surface area contributed by atoms with Crippen molar-refractivity contribution in [1.29, 1.82) is 0 Å². The molecule has 3 aromatic rings. The zero-order valence-electron chi connectivity index (χ0n) is 17.1. The van der Waals surface area contributed by atoms with E-state index in [1.165, 1.54) is 12.1 Å². The highest BCUT2D eigenvalue weighted by Crippen LogP contribution is 2.30. The SMILES string of the molecule is CN1CCN(c2ccc(Cl)cc2NC(=O)CCc2nc(-c3ccc(F)cc3)no2)CC1. The van der Waals surface area contributed by atoms with Crippen LogP contribution in [-0.4, -0.2) is 54.2 Å². The van der Waals surface area contributed by atoms with Crippen LogP contribution in [0.25, 0.3) is 11.4 Å². The molecule has 1 aromatic heterocycles. The van der Waals surface area contributed by atoms with Crippen molar-refractivity contribution >= 4 is 28.9 Å². The van der Waals surface area contributed by atoms with E-state index in [1.54, 1.807) is 18.2 Å². The fraction of sp³-hybridized carbons (Fsp3) is 0.318. The molecule has 1 amide bonds. The van der Waals surface area contributed by atoms with Crippen molar-refractivity contribution < 1.29 is 13.7 Å². The van der Waals surface area contributed by atoms with Gasteiger partial charge in [0.1, 0.15) is 5.82 Å². The smallest absolute Gasteiger partial charge is 0.227 e. The molecule has 0 bridgehead atoms. The monoisotopic (exact) mass is 443 g/mol. The summed E-state index contributed by atoms with van der Waals surface area (Å²) in [5.74, 6) is 0.211. The standard InChI is InChI=1S/C22H23ClFN5O2/c1-28-10-12-29(13-11-28)19-7-4-16(23)14-18(19)25-20(30)8-9-21-26-22(27-31-21)15-2-5-17(24)6-3-15/h2-7,14H,8-13H2,1H3,(H,25,30). The van der Waals surface area contributed by atoms with Gasteiger partial charge in [-0.3, -0.25) is 4.79 Å². The summed E-state index contributed by atoms with van der Waals surface area (Å²) in [7, 11) is 2.10. The van der Waals surface area contributed by atoms with Gasteiger partial charge < -0.3 is 19.6 Å². The van der Waals surface area contributed by atoms with E-state index >= 15 is 0 Å². The maximum Gasteiger partial charge on any atom is 0.227 e. The number of piperazine rings is 1. The van der Waals surface area contributed by atoms with E-state index in [1.807, 2.05) is 12.1 Å². The number of aromatic nitrogens is 2. The fourth-order valence-corrected chi connectivity index (χ4v) is 3.61. The second kappa shape index (κ2) is 9.45. The molecule has 1 saturated heterocycles. The van der Waals surface area contributed by atoms with E-state index in [4.69, 9.17) is 16.1 Å². The van der Waals surface area contributed by atoms with E-state index < -0.39 is 0 Å². The molecule has 1 N–H and O–H groups in total. The van der Waals surface area contributed by atoms with Crippen LogP contribution in [-0.2, 0) is 11.2 Å². The number of rotatable bonds is 6. The molecule has 4 rings (SSSR count). The normalized spacial score (nSPS) is 14.6. The molecule has 0 atom stereocenters. The summed E-state index contributed by atoms with van der Waals surface area (Å²) in [4.78, 5) is 21.4. The number of nitrogens with one attached hydrogen (secondary N) is 1. The van der Waals surface area contributed by atoms with Gasteiger partial charge in [0, 0.05) is 49.6 Å². The lowest BCUT2D eigenvalue weighted by Crippen LogP contribution is -2.44. The van der Waals surface area contributed by atoms with Crippen LogP contribution in [0.4, 0.5) is 15.8 Å². The van der Waals surface area contributed by atoms with Gasteiger partial charge in [0.05, 0.1) is 11.4 Å². The molecule has 2 heterocycles. The largest absolute Gasteiger partial charge is 0.367 e. The van der Waals surface area contributed by atoms with Gasteiger partial charge in [-0.2, -0.15) is 4.98 Å². The van der Waals surface area contributed by atoms with Crippen molar-refractivity contribution in [3.63, 3.8) is 0 Å². The number of hydrogen-bond donors (Lipinski definition) is 1. The van der Waals surface area contributed by atoms with E-state index in [-0.39, 0.29) is 18.1 Å². The van der Waals surface area contributed by atoms with Crippen LogP contribution in [0.3, 0.4) is 0 Å². The van der Waals surface area contributed by atoms with Gasteiger partial charge in [0.2, 0.25) is 17.6 Å². The number of hydrogen-bond acceptors (Lipinski definition) is 6. The van der Waals surface area contributed by atoms with Crippen molar-refractivity contribution in [2.24, 2.45) is 0 Å². The van der Waals surface area contributed by atoms with Crippen molar-refractivity contribution in [1.82, 2.24) is 15.0 Å². The molecule has 162 valence electrons. The first-order chi connectivity index (χ1) is 15.0. The maximum absolute atomic E-state index is 13.1. The quantitative estimate of drug-likeness (QED) is 0.623. The second-order valence-electron chi connectivity index (χ2n) is 7.52. The Kier molecular flexibility index (Phi) is 6.48. The third kappa shape index (κ3) is 5.39. The minimum Gasteiger partial charge on any atom is -0.367 e. The molecule has 31 heavy (non-hydrogen) atoms. The Morgan fingerprint density at radius 3 is 2.65 bits per heavy atom. The lowest BCUT2D eigenvalue weighted by molar-refractivity contribution is -0.116. The number of anilines is 2. The van der Waals surface area contributed by atoms with Crippen LogP contribution < -0.4 is 10.2 Å². The van der Waals surface area contributed by atoms with Gasteiger partial charge in [-0.1, -0.05) is 16.8 Å². The van der Waals surface area contributed by atoms with Crippen LogP contribution in [0.5, 0.6) is 0 Å². The Morgan fingerprint density at radius 1 is 1.16 bits per heavy atom. The first kappa shape index (κ1) is 21.3. The van der Waals surface area contributed by atoms with Gasteiger partial charge in [-0.25, -0.2) is 4.39 Å². The topological polar surface area (TPSA) is 74.5 Å². The summed E-state index contributed by atoms with van der Waals surface area (Å²) in [6.45, 7) is 3.69. The molecule has 1 fully saturated rings. The maximum atomic E-state index is 13.1. The predicted molar refractivity (Wildman–Crippen MR) is 118 cm³/mol. The van der Waals surface area contributed by atoms with Gasteiger partial charge in [0.25, 0.3) is 0 Å². The van der Waals surface area contributed by atoms with Gasteiger partial charge in [-0.05, 0) is 49.5 Å². The number of carbonyl (C=O) groups is 1. The third-order valence-electron chi connectivity index (χ3n) is 5.21. The first-order valence-corrected chi connectivity index (χ1v) is 10.5. The van der Waals surface area contributed by atoms with Gasteiger partial charge in [-0.15, -0.1) is 0 Å². The summed E-state index contributed by atoms with van der Waals surface area (Å²) < 4.78 is 18.3. The average Bonchev–Trinajstić information content (AvgIpc) is 3.23. The number of likely N-dealkylation sites (N-methyl/N-ethyl adjacent to an activating group) is 1.